The molecule has 1 aromatic rings. The van der Waals surface area contributed by atoms with E-state index in [0.717, 1.165) is 12.2 Å². The smallest absolute Gasteiger partial charge is 0.119 e. The van der Waals surface area contributed by atoms with E-state index in [-0.39, 0.29) is 0 Å². The molecule has 0 aliphatic carbocycles. The summed E-state index contributed by atoms with van der Waals surface area (Å²) in [4.78, 5) is 0. The zero-order chi connectivity index (χ0) is 13.4. The third kappa shape index (κ3) is 4.04. The largest absolute Gasteiger partial charge is 0.198 e. The first kappa shape index (κ1) is 15.1. The molecule has 0 saturated carbocycles. The van der Waals surface area contributed by atoms with Crippen molar-refractivity contribution in [3.63, 3.8) is 0 Å². The molecule has 0 aliphatic heterocycles. The first-order valence-corrected chi connectivity index (χ1v) is 10.4. The molecule has 0 fully saturated rings. The van der Waals surface area contributed by atoms with E-state index in [1.54, 1.807) is 0 Å². The van der Waals surface area contributed by atoms with E-state index in [2.05, 4.69) is 62.5 Å². The summed E-state index contributed by atoms with van der Waals surface area (Å²) < 4.78 is 1.51. The molecule has 1 nitrogen and oxygen atoms in total. The monoisotopic (exact) mass is 275 g/mol. The number of nitriles is 1. The maximum atomic E-state index is 8.66. The molecule has 0 bridgehead atoms. The highest BCUT2D eigenvalue weighted by Crippen LogP contribution is 2.27. The number of thioether (sulfide) groups is 1. The Hall–Kier alpha value is -0.983. The summed E-state index contributed by atoms with van der Waals surface area (Å²) in [5.41, 5.74) is 0. The van der Waals surface area contributed by atoms with Gasteiger partial charge in [0.2, 0.25) is 0 Å². The summed E-state index contributed by atoms with van der Waals surface area (Å²) in [6, 6.07) is 13.0. The molecule has 96 valence electrons. The fourth-order valence-corrected chi connectivity index (χ4v) is 6.71. The Morgan fingerprint density at radius 2 is 2.00 bits per heavy atom. The van der Waals surface area contributed by atoms with E-state index in [1.807, 2.05) is 11.8 Å². The maximum Gasteiger partial charge on any atom is 0.119 e. The van der Waals surface area contributed by atoms with Crippen LogP contribution in [0.1, 0.15) is 19.8 Å². The predicted octanol–water partition coefficient (Wildman–Crippen LogP) is 4.08. The molecule has 0 spiro atoms. The van der Waals surface area contributed by atoms with Crippen LogP contribution in [0, 0.1) is 11.3 Å². The lowest BCUT2D eigenvalue weighted by Crippen LogP contribution is -2.42. The molecular weight excluding hydrogens is 254 g/mol. The number of nitrogens with zero attached hydrogens (tertiary/aromatic N) is 1. The van der Waals surface area contributed by atoms with Crippen LogP contribution in [0.15, 0.2) is 40.9 Å². The fraction of sp³-hybridized carbons (Fsp3) is 0.400. The average molecular weight is 275 g/mol. The van der Waals surface area contributed by atoms with Crippen molar-refractivity contribution in [1.82, 2.24) is 0 Å². The highest BCUT2D eigenvalue weighted by atomic mass is 32.2. The Morgan fingerprint density at radius 3 is 2.56 bits per heavy atom. The molecular formula is C15H21NSSi. The van der Waals surface area contributed by atoms with E-state index in [0.29, 0.717) is 6.42 Å². The Labute approximate surface area is 116 Å². The van der Waals surface area contributed by atoms with Crippen molar-refractivity contribution >= 4 is 25.0 Å². The van der Waals surface area contributed by atoms with Gasteiger partial charge in [0, 0.05) is 12.2 Å². The van der Waals surface area contributed by atoms with Crippen LogP contribution in [0.4, 0.5) is 0 Å². The topological polar surface area (TPSA) is 23.8 Å². The summed E-state index contributed by atoms with van der Waals surface area (Å²) in [5, 5.41) is 10.1. The van der Waals surface area contributed by atoms with E-state index in [4.69, 9.17) is 5.26 Å². The molecule has 0 amide bonds. The van der Waals surface area contributed by atoms with Crippen LogP contribution >= 0.6 is 11.8 Å². The molecule has 0 saturated heterocycles. The third-order valence-electron chi connectivity index (χ3n) is 2.97. The van der Waals surface area contributed by atoms with Crippen molar-refractivity contribution in [1.29, 1.82) is 5.26 Å². The zero-order valence-corrected chi connectivity index (χ0v) is 13.3. The van der Waals surface area contributed by atoms with Gasteiger partial charge in [0.1, 0.15) is 8.07 Å². The lowest BCUT2D eigenvalue weighted by molar-refractivity contribution is 1.22. The van der Waals surface area contributed by atoms with Gasteiger partial charge in [-0.15, -0.1) is 11.8 Å². The van der Waals surface area contributed by atoms with Crippen molar-refractivity contribution in [3.05, 3.63) is 40.9 Å². The van der Waals surface area contributed by atoms with Crippen LogP contribution < -0.4 is 5.19 Å². The molecule has 0 N–H and O–H groups in total. The van der Waals surface area contributed by atoms with Crippen LogP contribution in [0.5, 0.6) is 0 Å². The fourth-order valence-electron chi connectivity index (χ4n) is 1.88. The number of allylic oxidation sites excluding steroid dienone is 1. The highest BCUT2D eigenvalue weighted by Gasteiger charge is 2.28. The molecule has 0 heterocycles. The van der Waals surface area contributed by atoms with Crippen LogP contribution in [-0.2, 0) is 0 Å². The highest BCUT2D eigenvalue weighted by molar-refractivity contribution is 8.05. The van der Waals surface area contributed by atoms with Gasteiger partial charge in [-0.05, 0) is 10.9 Å². The number of hydrogen-bond donors (Lipinski definition) is 0. The van der Waals surface area contributed by atoms with E-state index in [1.165, 1.54) is 9.72 Å². The van der Waals surface area contributed by atoms with Gasteiger partial charge in [-0.25, -0.2) is 0 Å². The minimum atomic E-state index is -1.57. The normalized spacial score (nSPS) is 12.2. The summed E-state index contributed by atoms with van der Waals surface area (Å²) >= 11 is 1.87. The van der Waals surface area contributed by atoms with Crippen molar-refractivity contribution < 1.29 is 0 Å². The molecule has 1 aromatic carbocycles. The zero-order valence-electron chi connectivity index (χ0n) is 11.4. The summed E-state index contributed by atoms with van der Waals surface area (Å²) in [6.45, 7) is 6.97. The quantitative estimate of drug-likeness (QED) is 0.577. The lowest BCUT2D eigenvalue weighted by Gasteiger charge is -2.26. The van der Waals surface area contributed by atoms with Gasteiger partial charge in [-0.1, -0.05) is 61.6 Å². The second-order valence-corrected chi connectivity index (χ2v) is 10.6. The van der Waals surface area contributed by atoms with Gasteiger partial charge >= 0.3 is 0 Å². The molecule has 0 radical (unpaired) electrons. The summed E-state index contributed by atoms with van der Waals surface area (Å²) in [6.07, 6.45) is 4.05. The molecule has 3 heteroatoms. The van der Waals surface area contributed by atoms with Crippen molar-refractivity contribution in [3.8, 4) is 6.07 Å². The van der Waals surface area contributed by atoms with Gasteiger partial charge in [-0.2, -0.15) is 5.26 Å². The number of rotatable bonds is 6. The number of benzene rings is 1. The van der Waals surface area contributed by atoms with Crippen LogP contribution in [0.25, 0.3) is 0 Å². The predicted molar refractivity (Wildman–Crippen MR) is 84.6 cm³/mol. The average Bonchev–Trinajstić information content (AvgIpc) is 2.39. The first-order chi connectivity index (χ1) is 8.62. The Morgan fingerprint density at radius 1 is 1.33 bits per heavy atom. The van der Waals surface area contributed by atoms with E-state index < -0.39 is 8.07 Å². The Kier molecular flexibility index (Phi) is 6.24. The lowest BCUT2D eigenvalue weighted by atomic mass is 10.4. The van der Waals surface area contributed by atoms with Gasteiger partial charge in [-0.3, -0.25) is 0 Å². The second-order valence-electron chi connectivity index (χ2n) is 4.72. The third-order valence-corrected chi connectivity index (χ3v) is 9.04. The number of hydrogen-bond acceptors (Lipinski definition) is 2. The van der Waals surface area contributed by atoms with Gasteiger partial charge in [0.05, 0.1) is 6.07 Å². The molecule has 0 aromatic heterocycles. The standard InChI is InChI=1S/C15H21NSSi/c1-4-9-15(17-13-8-12-16)18(2,3)14-10-6-5-7-11-14/h5-7,9-11H,4,8,13H2,1-3H3/b15-9+. The Bertz CT molecular complexity index is 432. The van der Waals surface area contributed by atoms with Crippen LogP contribution in [0.2, 0.25) is 13.1 Å². The molecule has 18 heavy (non-hydrogen) atoms. The van der Waals surface area contributed by atoms with Gasteiger partial charge in [0.25, 0.3) is 0 Å². The molecule has 1 rings (SSSR count). The molecule has 0 aliphatic rings. The van der Waals surface area contributed by atoms with Crippen molar-refractivity contribution in [2.24, 2.45) is 0 Å². The maximum absolute atomic E-state index is 8.66. The van der Waals surface area contributed by atoms with Crippen LogP contribution in [0.3, 0.4) is 0 Å². The molecule has 0 unspecified atom stereocenters. The second kappa shape index (κ2) is 7.45. The van der Waals surface area contributed by atoms with E-state index in [9.17, 15) is 0 Å². The SMILES string of the molecule is CC/C=C(\SCCC#N)[Si](C)(C)c1ccccc1. The summed E-state index contributed by atoms with van der Waals surface area (Å²) in [5.74, 6) is 0.908. The Balaban J connectivity index is 2.91. The van der Waals surface area contributed by atoms with Crippen molar-refractivity contribution in [2.75, 3.05) is 5.75 Å². The van der Waals surface area contributed by atoms with Gasteiger partial charge < -0.3 is 0 Å². The summed E-state index contributed by atoms with van der Waals surface area (Å²) in [7, 11) is -1.57. The van der Waals surface area contributed by atoms with E-state index >= 15 is 0 Å². The minimum absolute atomic E-state index is 0.630. The van der Waals surface area contributed by atoms with Crippen LogP contribution in [-0.4, -0.2) is 13.8 Å². The first-order valence-electron chi connectivity index (χ1n) is 6.38. The molecule has 0 atom stereocenters. The minimum Gasteiger partial charge on any atom is -0.198 e. The van der Waals surface area contributed by atoms with Gasteiger partial charge in [0.15, 0.2) is 0 Å². The van der Waals surface area contributed by atoms with Crippen molar-refractivity contribution in [2.45, 2.75) is 32.9 Å².